The van der Waals surface area contributed by atoms with E-state index in [1.165, 1.54) is 23.5 Å². The third kappa shape index (κ3) is 7.14. The van der Waals surface area contributed by atoms with Crippen LogP contribution in [0.1, 0.15) is 56.4 Å². The molecule has 222 valence electrons. The second-order valence-corrected chi connectivity index (χ2v) is 14.3. The summed E-state index contributed by atoms with van der Waals surface area (Å²) in [5.74, 6) is -0.402. The van der Waals surface area contributed by atoms with E-state index >= 15 is 0 Å². The molecule has 1 aromatic heterocycles. The first kappa shape index (κ1) is 29.6. The molecule has 0 radical (unpaired) electrons. The fourth-order valence-electron chi connectivity index (χ4n) is 5.40. The maximum atomic E-state index is 13.4. The van der Waals surface area contributed by atoms with E-state index in [-0.39, 0.29) is 40.0 Å². The fourth-order valence-corrected chi connectivity index (χ4v) is 7.90. The van der Waals surface area contributed by atoms with Gasteiger partial charge in [-0.1, -0.05) is 17.3 Å². The maximum absolute atomic E-state index is 13.4. The summed E-state index contributed by atoms with van der Waals surface area (Å²) in [6, 6.07) is 6.38. The lowest BCUT2D eigenvalue weighted by Gasteiger charge is -2.39. The van der Waals surface area contributed by atoms with Crippen molar-refractivity contribution < 1.29 is 27.6 Å². The third-order valence-corrected chi connectivity index (χ3v) is 11.0. The number of hydrogen-bond acceptors (Lipinski definition) is 10. The van der Waals surface area contributed by atoms with Crippen LogP contribution in [0.2, 0.25) is 0 Å². The van der Waals surface area contributed by atoms with Crippen LogP contribution in [0.15, 0.2) is 40.5 Å². The molecule has 11 nitrogen and oxygen atoms in total. The van der Waals surface area contributed by atoms with Gasteiger partial charge < -0.3 is 14.5 Å². The minimum atomic E-state index is -3.35. The highest BCUT2D eigenvalue weighted by atomic mass is 32.2. The van der Waals surface area contributed by atoms with Gasteiger partial charge in [0.1, 0.15) is 6.10 Å². The second-order valence-electron chi connectivity index (χ2n) is 11.0. The van der Waals surface area contributed by atoms with Crippen molar-refractivity contribution >= 4 is 43.8 Å². The number of carbonyl (C=O) groups is 2. The Balaban J connectivity index is 1.28. The van der Waals surface area contributed by atoms with E-state index in [0.29, 0.717) is 43.0 Å². The van der Waals surface area contributed by atoms with Crippen LogP contribution in [0.3, 0.4) is 0 Å². The number of methoxy groups -OCH3 is 1. The highest BCUT2D eigenvalue weighted by Gasteiger charge is 2.37. The standard InChI is InChI=1S/C28H37N5O6S2/c1-18-16-32(12-13-33(18)19(2)34)17-23-15-29-28(40-23)30-27(35)26(31-39-22-7-6-21(14-22)38-3)20-4-8-24(9-5-20)41(36,37)25-10-11-25/h4-5,8-9,15,18,21-22,25H,6-7,10-14,16-17H2,1-3H3,(H,29,30,35)/t18-,21+,22+/m0/s1. The lowest BCUT2D eigenvalue weighted by molar-refractivity contribution is -0.133. The number of rotatable bonds is 10. The first-order valence-corrected chi connectivity index (χ1v) is 16.4. The van der Waals surface area contributed by atoms with Gasteiger partial charge in [-0.2, -0.15) is 0 Å². The Morgan fingerprint density at radius 2 is 1.85 bits per heavy atom. The quantitative estimate of drug-likeness (QED) is 0.324. The Bertz CT molecular complexity index is 1390. The average molecular weight is 604 g/mol. The van der Waals surface area contributed by atoms with Crippen molar-refractivity contribution in [3.05, 3.63) is 40.9 Å². The minimum Gasteiger partial charge on any atom is -0.392 e. The van der Waals surface area contributed by atoms with Gasteiger partial charge in [0.05, 0.1) is 16.2 Å². The van der Waals surface area contributed by atoms with E-state index in [0.717, 1.165) is 30.8 Å². The summed E-state index contributed by atoms with van der Waals surface area (Å²) in [5.41, 5.74) is 0.500. The van der Waals surface area contributed by atoms with Crippen molar-refractivity contribution in [1.82, 2.24) is 14.8 Å². The van der Waals surface area contributed by atoms with Gasteiger partial charge in [0, 0.05) is 69.3 Å². The number of carbonyl (C=O) groups excluding carboxylic acids is 2. The SMILES string of the molecule is CO[C@@H]1CC[C@@H](ON=C(C(=O)Nc2ncc(CN3CCN(C(C)=O)[C@@H](C)C3)s2)c2ccc(S(=O)(=O)C3CC3)cc2)C1. The summed E-state index contributed by atoms with van der Waals surface area (Å²) in [5, 5.41) is 7.20. The molecule has 0 spiro atoms. The molecule has 2 amide bonds. The van der Waals surface area contributed by atoms with Crippen LogP contribution in [0.4, 0.5) is 5.13 Å². The number of benzene rings is 1. The molecule has 2 aromatic rings. The number of ether oxygens (including phenoxy) is 1. The summed E-state index contributed by atoms with van der Waals surface area (Å²) < 4.78 is 30.7. The highest BCUT2D eigenvalue weighted by molar-refractivity contribution is 7.92. The molecule has 1 aliphatic heterocycles. The van der Waals surface area contributed by atoms with Gasteiger partial charge >= 0.3 is 0 Å². The predicted octanol–water partition coefficient (Wildman–Crippen LogP) is 3.06. The summed E-state index contributed by atoms with van der Waals surface area (Å²) in [7, 11) is -1.68. The van der Waals surface area contributed by atoms with E-state index in [1.54, 1.807) is 32.4 Å². The van der Waals surface area contributed by atoms with Gasteiger partial charge in [-0.25, -0.2) is 13.4 Å². The van der Waals surface area contributed by atoms with Gasteiger partial charge in [-0.05, 0) is 44.7 Å². The van der Waals surface area contributed by atoms with Crippen molar-refractivity contribution in [2.75, 3.05) is 32.1 Å². The molecule has 3 aliphatic rings. The van der Waals surface area contributed by atoms with Crippen molar-refractivity contribution in [3.8, 4) is 0 Å². The molecule has 41 heavy (non-hydrogen) atoms. The number of thiazole rings is 1. The molecule has 3 fully saturated rings. The van der Waals surface area contributed by atoms with Crippen LogP contribution in [-0.2, 0) is 35.5 Å². The molecule has 1 saturated heterocycles. The molecule has 5 rings (SSSR count). The number of aromatic nitrogens is 1. The molecule has 1 N–H and O–H groups in total. The monoisotopic (exact) mass is 603 g/mol. The Morgan fingerprint density at radius 1 is 1.12 bits per heavy atom. The minimum absolute atomic E-state index is 0.0483. The molecule has 2 saturated carbocycles. The number of hydrogen-bond donors (Lipinski definition) is 1. The fraction of sp³-hybridized carbons (Fsp3) is 0.571. The zero-order valence-electron chi connectivity index (χ0n) is 23.6. The summed E-state index contributed by atoms with van der Waals surface area (Å²) in [6.07, 6.45) is 5.34. The average Bonchev–Trinajstić information content (AvgIpc) is 3.57. The first-order valence-electron chi connectivity index (χ1n) is 14.0. The highest BCUT2D eigenvalue weighted by Crippen LogP contribution is 2.33. The van der Waals surface area contributed by atoms with E-state index in [4.69, 9.17) is 9.57 Å². The number of piperazine rings is 1. The number of oxime groups is 1. The van der Waals surface area contributed by atoms with Crippen LogP contribution in [-0.4, -0.2) is 91.0 Å². The van der Waals surface area contributed by atoms with Gasteiger partial charge in [-0.15, -0.1) is 11.3 Å². The molecule has 2 heterocycles. The number of amides is 2. The Kier molecular flexibility index (Phi) is 9.07. The normalized spacial score (nSPS) is 23.9. The molecule has 0 bridgehead atoms. The Hall–Kier alpha value is -2.87. The van der Waals surface area contributed by atoms with Crippen LogP contribution in [0.25, 0.3) is 0 Å². The topological polar surface area (TPSA) is 130 Å². The number of nitrogens with one attached hydrogen (secondary N) is 1. The zero-order chi connectivity index (χ0) is 29.1. The zero-order valence-corrected chi connectivity index (χ0v) is 25.2. The maximum Gasteiger partial charge on any atom is 0.280 e. The summed E-state index contributed by atoms with van der Waals surface area (Å²) in [4.78, 5) is 40.8. The van der Waals surface area contributed by atoms with Crippen molar-refractivity contribution in [2.24, 2.45) is 5.16 Å². The summed E-state index contributed by atoms with van der Waals surface area (Å²) >= 11 is 1.38. The van der Waals surface area contributed by atoms with Crippen molar-refractivity contribution in [1.29, 1.82) is 0 Å². The number of nitrogens with zero attached hydrogens (tertiary/aromatic N) is 4. The van der Waals surface area contributed by atoms with E-state index in [2.05, 4.69) is 20.4 Å². The van der Waals surface area contributed by atoms with Crippen molar-refractivity contribution in [3.63, 3.8) is 0 Å². The van der Waals surface area contributed by atoms with Gasteiger partial charge in [-0.3, -0.25) is 19.8 Å². The van der Waals surface area contributed by atoms with Gasteiger partial charge in [0.15, 0.2) is 20.7 Å². The molecule has 13 heteroatoms. The summed E-state index contributed by atoms with van der Waals surface area (Å²) in [6.45, 7) is 6.55. The lowest BCUT2D eigenvalue weighted by atomic mass is 10.1. The number of sulfone groups is 1. The van der Waals surface area contributed by atoms with E-state index in [9.17, 15) is 18.0 Å². The van der Waals surface area contributed by atoms with Crippen LogP contribution in [0.5, 0.6) is 0 Å². The third-order valence-electron chi connectivity index (χ3n) is 7.87. The van der Waals surface area contributed by atoms with Crippen LogP contribution < -0.4 is 5.32 Å². The molecule has 1 aromatic carbocycles. The second kappa shape index (κ2) is 12.6. The lowest BCUT2D eigenvalue weighted by Crippen LogP contribution is -2.52. The van der Waals surface area contributed by atoms with Gasteiger partial charge in [0.2, 0.25) is 5.91 Å². The molecule has 2 aliphatic carbocycles. The smallest absolute Gasteiger partial charge is 0.280 e. The molecule has 0 unspecified atom stereocenters. The van der Waals surface area contributed by atoms with Crippen LogP contribution >= 0.6 is 11.3 Å². The van der Waals surface area contributed by atoms with Crippen molar-refractivity contribution in [2.45, 2.75) is 80.9 Å². The largest absolute Gasteiger partial charge is 0.392 e. The van der Waals surface area contributed by atoms with Gasteiger partial charge in [0.25, 0.3) is 5.91 Å². The Labute approximate surface area is 244 Å². The molecular formula is C28H37N5O6S2. The Morgan fingerprint density at radius 3 is 2.49 bits per heavy atom. The van der Waals surface area contributed by atoms with Crippen LogP contribution in [0, 0.1) is 0 Å². The molecule has 3 atom stereocenters. The van der Waals surface area contributed by atoms with E-state index < -0.39 is 15.7 Å². The number of anilines is 1. The first-order chi connectivity index (χ1) is 19.6. The predicted molar refractivity (Wildman–Crippen MR) is 156 cm³/mol. The van der Waals surface area contributed by atoms with E-state index in [1.807, 2.05) is 11.8 Å². The molecular weight excluding hydrogens is 566 g/mol.